The molecule has 1 rings (SSSR count). The molecular formula is C9H9F5N2O2. The van der Waals surface area contributed by atoms with Crippen LogP contribution in [0.15, 0.2) is 6.20 Å². The zero-order chi connectivity index (χ0) is 13.9. The highest BCUT2D eigenvalue weighted by molar-refractivity contribution is 5.41. The van der Waals surface area contributed by atoms with E-state index in [4.69, 9.17) is 10.8 Å². The average Bonchev–Trinajstić information content (AvgIpc) is 2.26. The molecule has 18 heavy (non-hydrogen) atoms. The summed E-state index contributed by atoms with van der Waals surface area (Å²) >= 11 is 0. The summed E-state index contributed by atoms with van der Waals surface area (Å²) in [6.45, 7) is -1.43. The monoisotopic (exact) mass is 272 g/mol. The Balaban J connectivity index is 3.33. The number of hydrogen-bond acceptors (Lipinski definition) is 4. The summed E-state index contributed by atoms with van der Waals surface area (Å²) in [4.78, 5) is 3.37. The molecule has 3 N–H and O–H groups in total. The van der Waals surface area contributed by atoms with E-state index in [-0.39, 0.29) is 12.2 Å². The lowest BCUT2D eigenvalue weighted by atomic mass is 10.1. The number of halogens is 5. The van der Waals surface area contributed by atoms with E-state index in [1.165, 1.54) is 0 Å². The Morgan fingerprint density at radius 3 is 2.39 bits per heavy atom. The van der Waals surface area contributed by atoms with Gasteiger partial charge in [-0.25, -0.2) is 8.78 Å². The highest BCUT2D eigenvalue weighted by atomic mass is 19.4. The van der Waals surface area contributed by atoms with E-state index in [2.05, 4.69) is 9.72 Å². The van der Waals surface area contributed by atoms with Gasteiger partial charge >= 0.3 is 6.36 Å². The zero-order valence-corrected chi connectivity index (χ0v) is 8.84. The Bertz CT molecular complexity index is 422. The zero-order valence-electron chi connectivity index (χ0n) is 8.84. The number of ether oxygens (including phenoxy) is 1. The Morgan fingerprint density at radius 1 is 1.39 bits per heavy atom. The van der Waals surface area contributed by atoms with E-state index in [0.29, 0.717) is 6.20 Å². The van der Waals surface area contributed by atoms with Crippen LogP contribution in [0, 0.1) is 0 Å². The van der Waals surface area contributed by atoms with E-state index in [1.54, 1.807) is 0 Å². The summed E-state index contributed by atoms with van der Waals surface area (Å²) in [5.74, 6) is -0.961. The van der Waals surface area contributed by atoms with E-state index < -0.39 is 36.3 Å². The van der Waals surface area contributed by atoms with Crippen molar-refractivity contribution in [3.63, 3.8) is 0 Å². The van der Waals surface area contributed by atoms with Crippen molar-refractivity contribution < 1.29 is 31.8 Å². The van der Waals surface area contributed by atoms with Crippen molar-refractivity contribution in [3.05, 3.63) is 23.0 Å². The summed E-state index contributed by atoms with van der Waals surface area (Å²) in [6.07, 6.45) is -7.57. The number of nitrogens with zero attached hydrogens (tertiary/aromatic N) is 1. The molecule has 9 heteroatoms. The summed E-state index contributed by atoms with van der Waals surface area (Å²) in [7, 11) is 0. The molecule has 102 valence electrons. The molecule has 0 unspecified atom stereocenters. The quantitative estimate of drug-likeness (QED) is 0.821. The lowest BCUT2D eigenvalue weighted by molar-refractivity contribution is -0.275. The van der Waals surface area contributed by atoms with Gasteiger partial charge in [0.1, 0.15) is 0 Å². The first-order chi connectivity index (χ1) is 8.30. The minimum atomic E-state index is -5.06. The van der Waals surface area contributed by atoms with Gasteiger partial charge in [0.2, 0.25) is 0 Å². The predicted octanol–water partition coefficient (Wildman–Crippen LogP) is 1.87. The number of hydrogen-bond donors (Lipinski definition) is 2. The Kier molecular flexibility index (Phi) is 4.41. The van der Waals surface area contributed by atoms with Crippen LogP contribution < -0.4 is 10.5 Å². The minimum absolute atomic E-state index is 0.288. The van der Waals surface area contributed by atoms with Gasteiger partial charge in [-0.15, -0.1) is 13.2 Å². The number of aliphatic hydroxyl groups is 1. The second-order valence-electron chi connectivity index (χ2n) is 3.17. The van der Waals surface area contributed by atoms with Gasteiger partial charge in [0.25, 0.3) is 6.43 Å². The molecule has 0 aliphatic carbocycles. The molecule has 0 radical (unpaired) electrons. The third-order valence-corrected chi connectivity index (χ3v) is 2.07. The number of aromatic nitrogens is 1. The van der Waals surface area contributed by atoms with Gasteiger partial charge < -0.3 is 15.6 Å². The van der Waals surface area contributed by atoms with Gasteiger partial charge in [0.05, 0.1) is 18.5 Å². The van der Waals surface area contributed by atoms with Crippen molar-refractivity contribution >= 4 is 0 Å². The molecule has 0 aliphatic rings. The highest BCUT2D eigenvalue weighted by Crippen LogP contribution is 2.34. The molecule has 1 heterocycles. The van der Waals surface area contributed by atoms with Crippen LogP contribution >= 0.6 is 0 Å². The first-order valence-electron chi connectivity index (χ1n) is 4.65. The van der Waals surface area contributed by atoms with Gasteiger partial charge in [-0.2, -0.15) is 0 Å². The lowest BCUT2D eigenvalue weighted by Gasteiger charge is -2.16. The van der Waals surface area contributed by atoms with E-state index in [9.17, 15) is 22.0 Å². The fourth-order valence-corrected chi connectivity index (χ4v) is 1.39. The average molecular weight is 272 g/mol. The third-order valence-electron chi connectivity index (χ3n) is 2.07. The summed E-state index contributed by atoms with van der Waals surface area (Å²) in [6, 6.07) is 0. The molecule has 0 aliphatic heterocycles. The molecule has 0 spiro atoms. The standard InChI is InChI=1S/C9H9F5N2O2/c10-8(11)7-4(3-17)6(18-9(12,13)14)2-16-5(7)1-15/h2,8,17H,1,3,15H2. The third kappa shape index (κ3) is 3.26. The van der Waals surface area contributed by atoms with Crippen LogP contribution in [0.1, 0.15) is 23.2 Å². The smallest absolute Gasteiger partial charge is 0.404 e. The van der Waals surface area contributed by atoms with E-state index in [1.807, 2.05) is 0 Å². The topological polar surface area (TPSA) is 68.4 Å². The normalized spacial score (nSPS) is 12.0. The fourth-order valence-electron chi connectivity index (χ4n) is 1.39. The molecule has 0 aromatic carbocycles. The lowest BCUT2D eigenvalue weighted by Crippen LogP contribution is -2.20. The van der Waals surface area contributed by atoms with Crippen LogP contribution in [0.3, 0.4) is 0 Å². The minimum Gasteiger partial charge on any atom is -0.404 e. The maximum Gasteiger partial charge on any atom is 0.573 e. The van der Waals surface area contributed by atoms with Crippen LogP contribution in [0.25, 0.3) is 0 Å². The van der Waals surface area contributed by atoms with Crippen LogP contribution in [-0.4, -0.2) is 16.5 Å². The number of rotatable bonds is 4. The summed E-state index contributed by atoms with van der Waals surface area (Å²) < 4.78 is 65.1. The van der Waals surface area contributed by atoms with Crippen molar-refractivity contribution in [2.24, 2.45) is 5.73 Å². The molecule has 0 amide bonds. The summed E-state index contributed by atoms with van der Waals surface area (Å²) in [5, 5.41) is 8.92. The molecular weight excluding hydrogens is 263 g/mol. The predicted molar refractivity (Wildman–Crippen MR) is 49.7 cm³/mol. The second-order valence-corrected chi connectivity index (χ2v) is 3.17. The number of aliphatic hydroxyl groups excluding tert-OH is 1. The number of pyridine rings is 1. The molecule has 1 aromatic rings. The second kappa shape index (κ2) is 5.44. The fraction of sp³-hybridized carbons (Fsp3) is 0.444. The van der Waals surface area contributed by atoms with Crippen molar-refractivity contribution in [1.82, 2.24) is 4.98 Å². The SMILES string of the molecule is NCc1ncc(OC(F)(F)F)c(CO)c1C(F)F. The van der Waals surface area contributed by atoms with Gasteiger partial charge in [-0.05, 0) is 0 Å². The van der Waals surface area contributed by atoms with Gasteiger partial charge in [0, 0.05) is 17.7 Å². The Labute approximate surface area is 98.2 Å². The molecule has 1 aromatic heterocycles. The number of alkyl halides is 5. The van der Waals surface area contributed by atoms with E-state index in [0.717, 1.165) is 0 Å². The van der Waals surface area contributed by atoms with Crippen LogP contribution in [-0.2, 0) is 13.2 Å². The Morgan fingerprint density at radius 2 is 2.00 bits per heavy atom. The van der Waals surface area contributed by atoms with Crippen LogP contribution in [0.4, 0.5) is 22.0 Å². The molecule has 4 nitrogen and oxygen atoms in total. The molecule has 0 saturated heterocycles. The van der Waals surface area contributed by atoms with Crippen LogP contribution in [0.2, 0.25) is 0 Å². The maximum atomic E-state index is 12.7. The maximum absolute atomic E-state index is 12.7. The Hall–Kier alpha value is -1.48. The van der Waals surface area contributed by atoms with Gasteiger partial charge in [0.15, 0.2) is 5.75 Å². The molecule has 0 atom stereocenters. The van der Waals surface area contributed by atoms with Crippen LogP contribution in [0.5, 0.6) is 5.75 Å². The highest BCUT2D eigenvalue weighted by Gasteiger charge is 2.34. The first-order valence-corrected chi connectivity index (χ1v) is 4.65. The molecule has 0 saturated carbocycles. The summed E-state index contributed by atoms with van der Waals surface area (Å²) in [5.41, 5.74) is 3.36. The van der Waals surface area contributed by atoms with Crippen molar-refractivity contribution in [2.45, 2.75) is 25.9 Å². The first kappa shape index (κ1) is 14.6. The van der Waals surface area contributed by atoms with Gasteiger partial charge in [-0.3, -0.25) is 4.98 Å². The van der Waals surface area contributed by atoms with Crippen molar-refractivity contribution in [2.75, 3.05) is 0 Å². The molecule has 0 fully saturated rings. The number of nitrogens with two attached hydrogens (primary N) is 1. The molecule has 0 bridgehead atoms. The van der Waals surface area contributed by atoms with Crippen molar-refractivity contribution in [3.8, 4) is 5.75 Å². The van der Waals surface area contributed by atoms with E-state index >= 15 is 0 Å². The van der Waals surface area contributed by atoms with Gasteiger partial charge in [-0.1, -0.05) is 0 Å². The largest absolute Gasteiger partial charge is 0.573 e. The van der Waals surface area contributed by atoms with Crippen molar-refractivity contribution in [1.29, 1.82) is 0 Å².